The van der Waals surface area contributed by atoms with E-state index in [-0.39, 0.29) is 6.17 Å². The van der Waals surface area contributed by atoms with Gasteiger partial charge in [0.15, 0.2) is 5.84 Å². The summed E-state index contributed by atoms with van der Waals surface area (Å²) in [7, 11) is 0. The molecule has 1 atom stereocenters. The van der Waals surface area contributed by atoms with Crippen molar-refractivity contribution in [1.82, 2.24) is 15.3 Å². The third-order valence-corrected chi connectivity index (χ3v) is 9.93. The van der Waals surface area contributed by atoms with Gasteiger partial charge >= 0.3 is 0 Å². The zero-order valence-corrected chi connectivity index (χ0v) is 28.1. The average molecular weight is 666 g/mol. The first kappa shape index (κ1) is 29.9. The van der Waals surface area contributed by atoms with Crippen molar-refractivity contribution in [3.05, 3.63) is 193 Å². The summed E-state index contributed by atoms with van der Waals surface area (Å²) in [5.74, 6) is 1.49. The number of fused-ring (bicyclic) bond motifs is 5. The van der Waals surface area contributed by atoms with Gasteiger partial charge in [-0.15, -0.1) is 0 Å². The van der Waals surface area contributed by atoms with Crippen molar-refractivity contribution in [2.75, 3.05) is 0 Å². The largest absolute Gasteiger partial charge is 0.344 e. The first-order chi connectivity index (χ1) is 25.7. The van der Waals surface area contributed by atoms with E-state index in [1.165, 1.54) is 21.9 Å². The fourth-order valence-electron chi connectivity index (χ4n) is 7.37. The van der Waals surface area contributed by atoms with Gasteiger partial charge in [-0.1, -0.05) is 146 Å². The Morgan fingerprint density at radius 3 is 1.92 bits per heavy atom. The molecule has 0 radical (unpaired) electrons. The predicted octanol–water partition coefficient (Wildman–Crippen LogP) is 10.9. The Hall–Kier alpha value is -6.98. The zero-order chi connectivity index (χ0) is 34.4. The van der Waals surface area contributed by atoms with Crippen molar-refractivity contribution in [1.29, 1.82) is 0 Å². The summed E-state index contributed by atoms with van der Waals surface area (Å²) in [6, 6.07) is 59.3. The Labute approximate surface area is 300 Å². The van der Waals surface area contributed by atoms with Crippen LogP contribution in [0, 0.1) is 0 Å². The van der Waals surface area contributed by atoms with Gasteiger partial charge in [-0.3, -0.25) is 4.98 Å². The first-order valence-corrected chi connectivity index (χ1v) is 17.5. The summed E-state index contributed by atoms with van der Waals surface area (Å²) < 4.78 is 0. The second-order valence-corrected chi connectivity index (χ2v) is 13.1. The minimum absolute atomic E-state index is 0.348. The van der Waals surface area contributed by atoms with Crippen molar-refractivity contribution < 1.29 is 0 Å². The fraction of sp³-hybridized carbons (Fsp3) is 0.0213. The van der Waals surface area contributed by atoms with Crippen molar-refractivity contribution in [3.8, 4) is 22.4 Å². The Bertz CT molecular complexity index is 2870. The lowest BCUT2D eigenvalue weighted by Crippen LogP contribution is -2.33. The van der Waals surface area contributed by atoms with Crippen LogP contribution in [0.3, 0.4) is 0 Å². The minimum atomic E-state index is -0.348. The van der Waals surface area contributed by atoms with Gasteiger partial charge in [-0.2, -0.15) is 0 Å². The van der Waals surface area contributed by atoms with Gasteiger partial charge in [0.2, 0.25) is 0 Å². The summed E-state index contributed by atoms with van der Waals surface area (Å²) in [6.45, 7) is 0. The molecule has 3 heterocycles. The fourth-order valence-corrected chi connectivity index (χ4v) is 7.37. The second-order valence-electron chi connectivity index (χ2n) is 13.1. The first-order valence-electron chi connectivity index (χ1n) is 17.5. The molecule has 1 aliphatic rings. The van der Waals surface area contributed by atoms with Crippen molar-refractivity contribution in [2.24, 2.45) is 9.98 Å². The number of aromatic nitrogens is 2. The summed E-state index contributed by atoms with van der Waals surface area (Å²) >= 11 is 0. The van der Waals surface area contributed by atoms with Crippen molar-refractivity contribution in [3.63, 3.8) is 0 Å². The number of amidine groups is 2. The highest BCUT2D eigenvalue weighted by molar-refractivity contribution is 6.14. The summed E-state index contributed by atoms with van der Waals surface area (Å²) in [5, 5.41) is 10.5. The zero-order valence-electron chi connectivity index (χ0n) is 28.1. The van der Waals surface area contributed by atoms with Crippen LogP contribution in [0.4, 0.5) is 0 Å². The van der Waals surface area contributed by atoms with Crippen LogP contribution in [0.15, 0.2) is 186 Å². The molecule has 0 aliphatic carbocycles. The molecule has 1 unspecified atom stereocenters. The molecule has 0 saturated carbocycles. The highest BCUT2D eigenvalue weighted by Gasteiger charge is 2.24. The van der Waals surface area contributed by atoms with Crippen LogP contribution in [-0.4, -0.2) is 21.6 Å². The number of pyridine rings is 2. The maximum absolute atomic E-state index is 5.31. The van der Waals surface area contributed by atoms with Crippen LogP contribution >= 0.6 is 0 Å². The minimum Gasteiger partial charge on any atom is -0.344 e. The molecule has 5 heteroatoms. The molecule has 0 amide bonds. The smallest absolute Gasteiger partial charge is 0.159 e. The molecule has 0 bridgehead atoms. The summed E-state index contributed by atoms with van der Waals surface area (Å²) in [5.41, 5.74) is 9.26. The molecular formula is C47H31N5. The van der Waals surface area contributed by atoms with E-state index in [0.29, 0.717) is 5.84 Å². The molecule has 0 spiro atoms. The van der Waals surface area contributed by atoms with E-state index in [2.05, 4.69) is 156 Å². The van der Waals surface area contributed by atoms with Crippen molar-refractivity contribution in [2.45, 2.75) is 6.17 Å². The van der Waals surface area contributed by atoms with Gasteiger partial charge in [0, 0.05) is 39.2 Å². The molecule has 10 rings (SSSR count). The molecule has 0 saturated heterocycles. The SMILES string of the molecule is c1ccc(C2=NC(c3ccc4cc(-c5ccc6ccc7cccnc7c6n5)ccc4c3)=NC(c3cccc4cccc(-c5ccccc5)c34)N2)cc1. The Balaban J connectivity index is 1.07. The molecule has 2 aromatic heterocycles. The second kappa shape index (κ2) is 12.4. The molecule has 1 N–H and O–H groups in total. The highest BCUT2D eigenvalue weighted by Crippen LogP contribution is 2.36. The molecular weight excluding hydrogens is 635 g/mol. The molecule has 1 aliphatic heterocycles. The van der Waals surface area contributed by atoms with Crippen LogP contribution in [-0.2, 0) is 0 Å². The lowest BCUT2D eigenvalue weighted by molar-refractivity contribution is 0.680. The van der Waals surface area contributed by atoms with E-state index in [9.17, 15) is 0 Å². The third-order valence-electron chi connectivity index (χ3n) is 9.93. The molecule has 5 nitrogen and oxygen atoms in total. The van der Waals surface area contributed by atoms with E-state index in [4.69, 9.17) is 15.0 Å². The molecule has 244 valence electrons. The van der Waals surface area contributed by atoms with E-state index in [1.807, 2.05) is 30.5 Å². The number of nitrogens with one attached hydrogen (secondary N) is 1. The summed E-state index contributed by atoms with van der Waals surface area (Å²) in [6.07, 6.45) is 1.48. The maximum atomic E-state index is 5.31. The Kier molecular flexibility index (Phi) is 7.14. The van der Waals surface area contributed by atoms with Gasteiger partial charge in [-0.25, -0.2) is 15.0 Å². The Morgan fingerprint density at radius 1 is 0.462 bits per heavy atom. The topological polar surface area (TPSA) is 62.5 Å². The lowest BCUT2D eigenvalue weighted by atomic mass is 9.93. The normalized spacial score (nSPS) is 14.3. The number of hydrogen-bond acceptors (Lipinski definition) is 5. The van der Waals surface area contributed by atoms with Gasteiger partial charge in [0.05, 0.1) is 16.7 Å². The lowest BCUT2D eigenvalue weighted by Gasteiger charge is -2.25. The standard InChI is InChI=1S/C47H31N5/c1-3-10-30(11-4-1)39-17-7-14-31-15-8-18-40(42(31)39)47-51-45(34-12-5-2-6-13-34)50-46(52-47)38-24-22-35-28-37(23-21-36(35)29-38)41-26-25-33-20-19-32-16-9-27-48-43(32)44(33)49-41/h1-29,47H,(H,50,51,52). The van der Waals surface area contributed by atoms with Gasteiger partial charge in [0.25, 0.3) is 0 Å². The average Bonchev–Trinajstić information content (AvgIpc) is 3.23. The van der Waals surface area contributed by atoms with Gasteiger partial charge in [0.1, 0.15) is 12.0 Å². The van der Waals surface area contributed by atoms with E-state index < -0.39 is 0 Å². The van der Waals surface area contributed by atoms with Crippen LogP contribution in [0.5, 0.6) is 0 Å². The van der Waals surface area contributed by atoms with Gasteiger partial charge < -0.3 is 5.32 Å². The molecule has 7 aromatic carbocycles. The van der Waals surface area contributed by atoms with Crippen LogP contribution in [0.2, 0.25) is 0 Å². The number of hydrogen-bond donors (Lipinski definition) is 1. The van der Waals surface area contributed by atoms with Crippen LogP contribution < -0.4 is 5.32 Å². The monoisotopic (exact) mass is 665 g/mol. The predicted molar refractivity (Wildman–Crippen MR) is 215 cm³/mol. The number of aliphatic imine (C=N–C) groups is 2. The van der Waals surface area contributed by atoms with E-state index >= 15 is 0 Å². The number of rotatable bonds is 5. The Morgan fingerprint density at radius 2 is 1.12 bits per heavy atom. The summed E-state index contributed by atoms with van der Waals surface area (Å²) in [4.78, 5) is 20.2. The van der Waals surface area contributed by atoms with Gasteiger partial charge in [-0.05, 0) is 56.9 Å². The molecule has 52 heavy (non-hydrogen) atoms. The van der Waals surface area contributed by atoms with Crippen LogP contribution in [0.1, 0.15) is 22.9 Å². The molecule has 0 fully saturated rings. The number of nitrogens with zero attached hydrogens (tertiary/aromatic N) is 4. The quantitative estimate of drug-likeness (QED) is 0.186. The number of benzene rings is 7. The van der Waals surface area contributed by atoms with Crippen LogP contribution in [0.25, 0.3) is 65.7 Å². The third kappa shape index (κ3) is 5.27. The van der Waals surface area contributed by atoms with E-state index in [1.54, 1.807) is 0 Å². The maximum Gasteiger partial charge on any atom is 0.159 e. The molecule has 9 aromatic rings. The highest BCUT2D eigenvalue weighted by atomic mass is 15.2. The van der Waals surface area contributed by atoms with Crippen molar-refractivity contribution >= 4 is 55.0 Å². The van der Waals surface area contributed by atoms with E-state index in [0.717, 1.165) is 66.4 Å².